The average Bonchev–Trinajstić information content (AvgIpc) is 2.60. The first kappa shape index (κ1) is 19.2. The van der Waals surface area contributed by atoms with Gasteiger partial charge in [-0.2, -0.15) is 0 Å². The molecule has 0 spiro atoms. The first-order valence-electron chi connectivity index (χ1n) is 8.01. The highest BCUT2D eigenvalue weighted by atomic mass is 35.5. The van der Waals surface area contributed by atoms with Crippen LogP contribution in [0, 0.1) is 10.1 Å². The molecule has 2 rings (SSSR count). The number of ether oxygens (including phenoxy) is 2. The third-order valence-corrected chi connectivity index (χ3v) is 3.87. The van der Waals surface area contributed by atoms with Crippen molar-refractivity contribution >= 4 is 17.3 Å². The van der Waals surface area contributed by atoms with Crippen molar-refractivity contribution in [1.82, 2.24) is 5.32 Å². The fourth-order valence-corrected chi connectivity index (χ4v) is 2.45. The summed E-state index contributed by atoms with van der Waals surface area (Å²) >= 11 is 6.04. The molecule has 1 N–H and O–H groups in total. The van der Waals surface area contributed by atoms with Crippen LogP contribution in [-0.4, -0.2) is 25.2 Å². The van der Waals surface area contributed by atoms with Gasteiger partial charge in [0.25, 0.3) is 0 Å². The van der Waals surface area contributed by atoms with Crippen LogP contribution in [0.15, 0.2) is 42.5 Å². The number of nitrogens with one attached hydrogen (secondary N) is 1. The van der Waals surface area contributed by atoms with Crippen LogP contribution in [0.25, 0.3) is 0 Å². The van der Waals surface area contributed by atoms with Gasteiger partial charge in [0, 0.05) is 26.3 Å². The van der Waals surface area contributed by atoms with E-state index in [9.17, 15) is 10.1 Å². The standard InChI is InChI=1S/C18H21ClN2O4/c1-24-11-5-4-10-20-13-14-8-9-18(16(12-14)21(22)23)25-17-7-3-2-6-15(17)19/h2-3,6-9,12,20H,4-5,10-11,13H2,1H3. The number of methoxy groups -OCH3 is 1. The summed E-state index contributed by atoms with van der Waals surface area (Å²) in [6.07, 6.45) is 1.97. The van der Waals surface area contributed by atoms with E-state index in [1.54, 1.807) is 43.5 Å². The van der Waals surface area contributed by atoms with E-state index in [0.717, 1.165) is 31.6 Å². The highest BCUT2D eigenvalue weighted by Gasteiger charge is 2.17. The fourth-order valence-electron chi connectivity index (χ4n) is 2.28. The highest BCUT2D eigenvalue weighted by molar-refractivity contribution is 6.32. The second-order valence-electron chi connectivity index (χ2n) is 5.47. The molecule has 7 heteroatoms. The minimum Gasteiger partial charge on any atom is -0.449 e. The summed E-state index contributed by atoms with van der Waals surface area (Å²) in [6.45, 7) is 2.12. The Bertz CT molecular complexity index is 709. The predicted octanol–water partition coefficient (Wildman–Crippen LogP) is 4.56. The first-order chi connectivity index (χ1) is 12.1. The predicted molar refractivity (Wildman–Crippen MR) is 97.4 cm³/mol. The Morgan fingerprint density at radius 1 is 1.16 bits per heavy atom. The van der Waals surface area contributed by atoms with Gasteiger partial charge in [-0.3, -0.25) is 10.1 Å². The summed E-state index contributed by atoms with van der Waals surface area (Å²) in [5.41, 5.74) is 0.739. The number of nitro groups is 1. The zero-order chi connectivity index (χ0) is 18.1. The Labute approximate surface area is 151 Å². The maximum Gasteiger partial charge on any atom is 0.311 e. The van der Waals surface area contributed by atoms with Crippen molar-refractivity contribution in [2.45, 2.75) is 19.4 Å². The number of rotatable bonds is 10. The number of unbranched alkanes of at least 4 members (excludes halogenated alkanes) is 1. The van der Waals surface area contributed by atoms with E-state index in [0.29, 0.717) is 17.3 Å². The van der Waals surface area contributed by atoms with Crippen molar-refractivity contribution in [2.75, 3.05) is 20.3 Å². The molecule has 0 saturated heterocycles. The largest absolute Gasteiger partial charge is 0.449 e. The Balaban J connectivity index is 2.02. The van der Waals surface area contributed by atoms with Gasteiger partial charge in [0.1, 0.15) is 5.75 Å². The molecule has 2 aromatic carbocycles. The summed E-state index contributed by atoms with van der Waals surface area (Å²) in [5.74, 6) is 0.554. The molecule has 25 heavy (non-hydrogen) atoms. The Morgan fingerprint density at radius 3 is 2.68 bits per heavy atom. The lowest BCUT2D eigenvalue weighted by Crippen LogP contribution is -2.15. The van der Waals surface area contributed by atoms with Gasteiger partial charge in [0.05, 0.1) is 9.95 Å². The third kappa shape index (κ3) is 6.01. The van der Waals surface area contributed by atoms with E-state index in [1.165, 1.54) is 6.07 Å². The number of hydrogen-bond donors (Lipinski definition) is 1. The van der Waals surface area contributed by atoms with Gasteiger partial charge in [-0.15, -0.1) is 0 Å². The number of benzene rings is 2. The molecule has 0 saturated carbocycles. The topological polar surface area (TPSA) is 73.6 Å². The maximum atomic E-state index is 11.4. The molecule has 0 fully saturated rings. The van der Waals surface area contributed by atoms with Gasteiger partial charge in [0.2, 0.25) is 5.75 Å². The zero-order valence-electron chi connectivity index (χ0n) is 14.0. The maximum absolute atomic E-state index is 11.4. The number of halogens is 1. The molecule has 0 aromatic heterocycles. The Morgan fingerprint density at radius 2 is 1.96 bits per heavy atom. The second kappa shape index (κ2) is 9.98. The molecule has 0 atom stereocenters. The molecule has 0 aliphatic heterocycles. The van der Waals surface area contributed by atoms with Crippen LogP contribution in [0.2, 0.25) is 5.02 Å². The van der Waals surface area contributed by atoms with Crippen LogP contribution in [0.5, 0.6) is 11.5 Å². The molecule has 0 unspecified atom stereocenters. The third-order valence-electron chi connectivity index (χ3n) is 3.56. The van der Waals surface area contributed by atoms with Crippen LogP contribution >= 0.6 is 11.6 Å². The molecule has 0 aliphatic rings. The van der Waals surface area contributed by atoms with Gasteiger partial charge in [0.15, 0.2) is 0 Å². The molecule has 0 heterocycles. The average molecular weight is 365 g/mol. The Hall–Kier alpha value is -2.15. The zero-order valence-corrected chi connectivity index (χ0v) is 14.8. The molecular weight excluding hydrogens is 344 g/mol. The molecule has 2 aromatic rings. The molecule has 6 nitrogen and oxygen atoms in total. The van der Waals surface area contributed by atoms with Crippen molar-refractivity contribution in [1.29, 1.82) is 0 Å². The summed E-state index contributed by atoms with van der Waals surface area (Å²) in [4.78, 5) is 10.9. The normalized spacial score (nSPS) is 10.6. The number of nitrogens with zero attached hydrogens (tertiary/aromatic N) is 1. The highest BCUT2D eigenvalue weighted by Crippen LogP contribution is 2.35. The van der Waals surface area contributed by atoms with Crippen LogP contribution in [0.1, 0.15) is 18.4 Å². The van der Waals surface area contributed by atoms with E-state index in [2.05, 4.69) is 5.32 Å². The Kier molecular flexibility index (Phi) is 7.66. The van der Waals surface area contributed by atoms with Crippen molar-refractivity contribution in [3.63, 3.8) is 0 Å². The molecule has 0 bridgehead atoms. The second-order valence-corrected chi connectivity index (χ2v) is 5.88. The van der Waals surface area contributed by atoms with Crippen molar-refractivity contribution in [2.24, 2.45) is 0 Å². The lowest BCUT2D eigenvalue weighted by Gasteiger charge is -2.10. The molecule has 0 radical (unpaired) electrons. The SMILES string of the molecule is COCCCCNCc1ccc(Oc2ccccc2Cl)c([N+](=O)[O-])c1. The van der Waals surface area contributed by atoms with Crippen LogP contribution in [-0.2, 0) is 11.3 Å². The van der Waals surface area contributed by atoms with E-state index < -0.39 is 4.92 Å². The number of nitro benzene ring substituents is 1. The van der Waals surface area contributed by atoms with Crippen LogP contribution in [0.4, 0.5) is 5.69 Å². The van der Waals surface area contributed by atoms with Gasteiger partial charge >= 0.3 is 5.69 Å². The van der Waals surface area contributed by atoms with Crippen molar-refractivity contribution in [3.8, 4) is 11.5 Å². The first-order valence-corrected chi connectivity index (χ1v) is 8.39. The van der Waals surface area contributed by atoms with Gasteiger partial charge in [-0.25, -0.2) is 0 Å². The quantitative estimate of drug-likeness (QED) is 0.380. The van der Waals surface area contributed by atoms with Crippen LogP contribution < -0.4 is 10.1 Å². The number of hydrogen-bond acceptors (Lipinski definition) is 5. The molecule has 0 aliphatic carbocycles. The summed E-state index contributed by atoms with van der Waals surface area (Å²) < 4.78 is 10.6. The van der Waals surface area contributed by atoms with Crippen molar-refractivity contribution < 1.29 is 14.4 Å². The lowest BCUT2D eigenvalue weighted by molar-refractivity contribution is -0.385. The van der Waals surface area contributed by atoms with Crippen LogP contribution in [0.3, 0.4) is 0 Å². The molecule has 134 valence electrons. The fraction of sp³-hybridized carbons (Fsp3) is 0.333. The lowest BCUT2D eigenvalue weighted by atomic mass is 10.2. The molecular formula is C18H21ClN2O4. The minimum absolute atomic E-state index is 0.0846. The van der Waals surface area contributed by atoms with E-state index in [1.807, 2.05) is 0 Å². The summed E-state index contributed by atoms with van der Waals surface area (Å²) in [7, 11) is 1.68. The monoisotopic (exact) mass is 364 g/mol. The van der Waals surface area contributed by atoms with Crippen molar-refractivity contribution in [3.05, 3.63) is 63.2 Å². The van der Waals surface area contributed by atoms with Gasteiger partial charge in [-0.1, -0.05) is 29.8 Å². The summed E-state index contributed by atoms with van der Waals surface area (Å²) in [6, 6.07) is 11.8. The van der Waals surface area contributed by atoms with E-state index in [-0.39, 0.29) is 11.4 Å². The molecule has 0 amide bonds. The summed E-state index contributed by atoms with van der Waals surface area (Å²) in [5, 5.41) is 15.0. The van der Waals surface area contributed by atoms with E-state index in [4.69, 9.17) is 21.1 Å². The smallest absolute Gasteiger partial charge is 0.311 e. The van der Waals surface area contributed by atoms with Gasteiger partial charge in [-0.05, 0) is 43.1 Å². The van der Waals surface area contributed by atoms with Gasteiger partial charge < -0.3 is 14.8 Å². The van der Waals surface area contributed by atoms with E-state index >= 15 is 0 Å². The number of para-hydroxylation sites is 1. The minimum atomic E-state index is -0.450.